The average Bonchev–Trinajstić information content (AvgIpc) is 3.03. The van der Waals surface area contributed by atoms with Crippen LogP contribution in [0.25, 0.3) is 0 Å². The monoisotopic (exact) mass is 335 g/mol. The largest absolute Gasteiger partial charge is 0.458 e. The first-order chi connectivity index (χ1) is 11.9. The minimum atomic E-state index is -0.286. The number of nitrogens with one attached hydrogen (secondary N) is 1. The Bertz CT molecular complexity index is 744. The third kappa shape index (κ3) is 2.88. The quantitative estimate of drug-likeness (QED) is 0.798. The van der Waals surface area contributed by atoms with Crippen LogP contribution in [0.15, 0.2) is 54.6 Å². The van der Waals surface area contributed by atoms with Crippen LogP contribution in [0.2, 0.25) is 6.32 Å². The number of benzene rings is 2. The van der Waals surface area contributed by atoms with Gasteiger partial charge in [-0.1, -0.05) is 48.5 Å². The highest BCUT2D eigenvalue weighted by atomic mass is 16.7. The van der Waals surface area contributed by atoms with E-state index in [9.17, 15) is 0 Å². The maximum Gasteiger partial charge on any atom is 0.458 e. The van der Waals surface area contributed by atoms with Gasteiger partial charge in [0.1, 0.15) is 0 Å². The smallest absolute Gasteiger partial charge is 0.403 e. The molecule has 1 N–H and O–H groups in total. The first kappa shape index (κ1) is 16.7. The van der Waals surface area contributed by atoms with Gasteiger partial charge in [0.05, 0.1) is 17.2 Å². The van der Waals surface area contributed by atoms with Crippen molar-refractivity contribution in [1.82, 2.24) is 0 Å². The molecule has 0 bridgehead atoms. The first-order valence-electron chi connectivity index (χ1n) is 9.13. The maximum atomic E-state index is 6.28. The fourth-order valence-electron chi connectivity index (χ4n) is 3.91. The molecule has 0 saturated carbocycles. The molecule has 130 valence electrons. The number of para-hydroxylation sites is 1. The van der Waals surface area contributed by atoms with Crippen LogP contribution in [0, 0.1) is 0 Å². The molecule has 0 unspecified atom stereocenters. The van der Waals surface area contributed by atoms with Crippen molar-refractivity contribution in [3.63, 3.8) is 0 Å². The van der Waals surface area contributed by atoms with Crippen molar-refractivity contribution in [3.05, 3.63) is 65.7 Å². The van der Waals surface area contributed by atoms with Gasteiger partial charge >= 0.3 is 7.12 Å². The summed E-state index contributed by atoms with van der Waals surface area (Å²) in [6.07, 6.45) is 0.844. The summed E-state index contributed by atoms with van der Waals surface area (Å²) in [5.74, 6) is 0.327. The molecule has 4 rings (SSSR count). The molecule has 3 nitrogen and oxygen atoms in total. The van der Waals surface area contributed by atoms with Gasteiger partial charge in [-0.25, -0.2) is 0 Å². The fraction of sp³-hybridized carbons (Fsp3) is 0.429. The minimum absolute atomic E-state index is 0.186. The van der Waals surface area contributed by atoms with E-state index in [2.05, 4.69) is 87.6 Å². The van der Waals surface area contributed by atoms with E-state index >= 15 is 0 Å². The molecule has 1 saturated heterocycles. The van der Waals surface area contributed by atoms with Gasteiger partial charge in [0.15, 0.2) is 0 Å². The molecule has 2 aliphatic heterocycles. The number of anilines is 1. The van der Waals surface area contributed by atoms with Gasteiger partial charge < -0.3 is 14.6 Å². The molecule has 0 amide bonds. The average molecular weight is 335 g/mol. The van der Waals surface area contributed by atoms with Crippen molar-refractivity contribution in [3.8, 4) is 0 Å². The lowest BCUT2D eigenvalue weighted by atomic mass is 9.72. The van der Waals surface area contributed by atoms with Crippen molar-refractivity contribution in [2.45, 2.75) is 57.2 Å². The second-order valence-corrected chi connectivity index (χ2v) is 8.15. The standard InChI is InChI=1S/C21H26BNO2/c1-20(2)21(3,4)25-22(24-20)14-17-16-12-8-9-13-18(16)23-19(17)15-10-6-5-7-11-15/h5-13,17,19,23H,14H2,1-4H3/t17-,19-/m1/s1. The molecule has 4 heteroatoms. The third-order valence-corrected chi connectivity index (χ3v) is 5.98. The highest BCUT2D eigenvalue weighted by Crippen LogP contribution is 2.49. The highest BCUT2D eigenvalue weighted by molar-refractivity contribution is 6.45. The lowest BCUT2D eigenvalue weighted by Crippen LogP contribution is -2.41. The second-order valence-electron chi connectivity index (χ2n) is 8.15. The summed E-state index contributed by atoms with van der Waals surface area (Å²) >= 11 is 0. The summed E-state index contributed by atoms with van der Waals surface area (Å²) in [5, 5.41) is 3.71. The van der Waals surface area contributed by atoms with Crippen LogP contribution in [0.3, 0.4) is 0 Å². The molecule has 0 aliphatic carbocycles. The minimum Gasteiger partial charge on any atom is -0.403 e. The molecule has 2 aromatic rings. The Morgan fingerprint density at radius 1 is 0.880 bits per heavy atom. The lowest BCUT2D eigenvalue weighted by molar-refractivity contribution is 0.00578. The van der Waals surface area contributed by atoms with E-state index in [-0.39, 0.29) is 24.4 Å². The number of hydrogen-bond acceptors (Lipinski definition) is 3. The van der Waals surface area contributed by atoms with E-state index < -0.39 is 0 Å². The predicted molar refractivity (Wildman–Crippen MR) is 103 cm³/mol. The molecule has 0 aromatic heterocycles. The second kappa shape index (κ2) is 5.89. The molecule has 1 fully saturated rings. The Hall–Kier alpha value is -1.78. The Morgan fingerprint density at radius 2 is 1.48 bits per heavy atom. The molecule has 2 aromatic carbocycles. The topological polar surface area (TPSA) is 30.5 Å². The van der Waals surface area contributed by atoms with Crippen molar-refractivity contribution in [1.29, 1.82) is 0 Å². The van der Waals surface area contributed by atoms with E-state index in [1.165, 1.54) is 16.8 Å². The maximum absolute atomic E-state index is 6.28. The van der Waals surface area contributed by atoms with Gasteiger partial charge in [-0.15, -0.1) is 0 Å². The van der Waals surface area contributed by atoms with Crippen LogP contribution in [-0.2, 0) is 9.31 Å². The summed E-state index contributed by atoms with van der Waals surface area (Å²) in [4.78, 5) is 0. The summed E-state index contributed by atoms with van der Waals surface area (Å²) in [6, 6.07) is 19.5. The number of rotatable bonds is 3. The predicted octanol–water partition coefficient (Wildman–Crippen LogP) is 5.03. The van der Waals surface area contributed by atoms with Gasteiger partial charge in [0.25, 0.3) is 0 Å². The van der Waals surface area contributed by atoms with Crippen LogP contribution in [0.5, 0.6) is 0 Å². The van der Waals surface area contributed by atoms with Crippen LogP contribution in [-0.4, -0.2) is 18.3 Å². The van der Waals surface area contributed by atoms with E-state index in [0.29, 0.717) is 5.92 Å². The molecular weight excluding hydrogens is 309 g/mol. The molecule has 2 aliphatic rings. The zero-order valence-corrected chi connectivity index (χ0v) is 15.5. The van der Waals surface area contributed by atoms with E-state index in [1.54, 1.807) is 0 Å². The van der Waals surface area contributed by atoms with E-state index in [0.717, 1.165) is 6.32 Å². The first-order valence-corrected chi connectivity index (χ1v) is 9.13. The van der Waals surface area contributed by atoms with Crippen molar-refractivity contribution in [2.24, 2.45) is 0 Å². The molecule has 0 spiro atoms. The SMILES string of the molecule is CC1(C)OB(C[C@@H]2c3ccccc3N[C@@H]2c2ccccc2)OC1(C)C. The third-order valence-electron chi connectivity index (χ3n) is 5.98. The van der Waals surface area contributed by atoms with E-state index in [4.69, 9.17) is 9.31 Å². The van der Waals surface area contributed by atoms with Gasteiger partial charge in [0, 0.05) is 11.6 Å². The Morgan fingerprint density at radius 3 is 2.16 bits per heavy atom. The molecular formula is C21H26BNO2. The van der Waals surface area contributed by atoms with Crippen LogP contribution in [0.1, 0.15) is 50.8 Å². The Balaban J connectivity index is 1.63. The Kier molecular flexibility index (Phi) is 3.93. The Labute approximate surface area is 150 Å². The molecule has 2 heterocycles. The molecule has 25 heavy (non-hydrogen) atoms. The lowest BCUT2D eigenvalue weighted by Gasteiger charge is -2.32. The van der Waals surface area contributed by atoms with Crippen LogP contribution >= 0.6 is 0 Å². The fourth-order valence-corrected chi connectivity index (χ4v) is 3.91. The zero-order chi connectivity index (χ0) is 17.7. The summed E-state index contributed by atoms with van der Waals surface area (Å²) in [6.45, 7) is 8.45. The van der Waals surface area contributed by atoms with Crippen LogP contribution in [0.4, 0.5) is 5.69 Å². The summed E-state index contributed by atoms with van der Waals surface area (Å²) in [7, 11) is -0.186. The number of fused-ring (bicyclic) bond motifs is 1. The van der Waals surface area contributed by atoms with Crippen molar-refractivity contribution in [2.75, 3.05) is 5.32 Å². The van der Waals surface area contributed by atoms with Gasteiger partial charge in [-0.3, -0.25) is 0 Å². The van der Waals surface area contributed by atoms with Gasteiger partial charge in [-0.2, -0.15) is 0 Å². The molecule has 0 radical (unpaired) electrons. The normalized spacial score (nSPS) is 26.3. The van der Waals surface area contributed by atoms with Gasteiger partial charge in [-0.05, 0) is 51.2 Å². The highest BCUT2D eigenvalue weighted by Gasteiger charge is 2.52. The number of hydrogen-bond donors (Lipinski definition) is 1. The van der Waals surface area contributed by atoms with Crippen molar-refractivity contribution >= 4 is 12.8 Å². The summed E-state index contributed by atoms with van der Waals surface area (Å²) < 4.78 is 12.6. The van der Waals surface area contributed by atoms with Crippen LogP contribution < -0.4 is 5.32 Å². The van der Waals surface area contributed by atoms with Gasteiger partial charge in [0.2, 0.25) is 0 Å². The van der Waals surface area contributed by atoms with Crippen molar-refractivity contribution < 1.29 is 9.31 Å². The molecule has 2 atom stereocenters. The zero-order valence-electron chi connectivity index (χ0n) is 15.5. The summed E-state index contributed by atoms with van der Waals surface area (Å²) in [5.41, 5.74) is 3.31. The van der Waals surface area contributed by atoms with E-state index in [1.807, 2.05) is 0 Å².